The molecule has 1 aliphatic heterocycles. The molecule has 4 heteroatoms. The topological polar surface area (TPSA) is 15.3 Å². The molecule has 2 aliphatic rings. The molecule has 1 saturated heterocycles. The van der Waals surface area contributed by atoms with Crippen LogP contribution in [-0.4, -0.2) is 30.1 Å². The maximum Gasteiger partial charge on any atom is 0.0468 e. The molecular formula is C16H22Cl2N2. The molecule has 0 amide bonds. The van der Waals surface area contributed by atoms with Gasteiger partial charge in [-0.2, -0.15) is 0 Å². The molecule has 0 aromatic heterocycles. The van der Waals surface area contributed by atoms with E-state index >= 15 is 0 Å². The third kappa shape index (κ3) is 2.85. The SMILES string of the molecule is CC(c1ccc(Cl)cc1Cl)N1CCNC2(CCCC2)C1. The Labute approximate surface area is 131 Å². The third-order valence-electron chi connectivity index (χ3n) is 4.93. The van der Waals surface area contributed by atoms with E-state index in [-0.39, 0.29) is 0 Å². The van der Waals surface area contributed by atoms with Gasteiger partial charge in [0.1, 0.15) is 0 Å². The normalized spacial score (nSPS) is 24.1. The van der Waals surface area contributed by atoms with Gasteiger partial charge in [-0.15, -0.1) is 0 Å². The van der Waals surface area contributed by atoms with Crippen LogP contribution in [0.5, 0.6) is 0 Å². The first-order chi connectivity index (χ1) is 9.60. The zero-order valence-electron chi connectivity index (χ0n) is 12.0. The van der Waals surface area contributed by atoms with Gasteiger partial charge in [0, 0.05) is 41.3 Å². The van der Waals surface area contributed by atoms with E-state index in [2.05, 4.69) is 23.2 Å². The van der Waals surface area contributed by atoms with Crippen LogP contribution in [0.1, 0.15) is 44.2 Å². The second-order valence-electron chi connectivity index (χ2n) is 6.23. The van der Waals surface area contributed by atoms with Crippen LogP contribution in [0, 0.1) is 0 Å². The molecule has 1 heterocycles. The summed E-state index contributed by atoms with van der Waals surface area (Å²) in [4.78, 5) is 2.57. The van der Waals surface area contributed by atoms with Crippen molar-refractivity contribution < 1.29 is 0 Å². The van der Waals surface area contributed by atoms with Crippen molar-refractivity contribution >= 4 is 23.2 Å². The lowest BCUT2D eigenvalue weighted by molar-refractivity contribution is 0.101. The minimum absolute atomic E-state index is 0.347. The van der Waals surface area contributed by atoms with Gasteiger partial charge in [0.05, 0.1) is 0 Å². The van der Waals surface area contributed by atoms with Crippen molar-refractivity contribution in [3.63, 3.8) is 0 Å². The summed E-state index contributed by atoms with van der Waals surface area (Å²) < 4.78 is 0. The minimum Gasteiger partial charge on any atom is -0.309 e. The number of halogens is 2. The van der Waals surface area contributed by atoms with Crippen LogP contribution in [-0.2, 0) is 0 Å². The summed E-state index contributed by atoms with van der Waals surface area (Å²) in [5, 5.41) is 5.25. The summed E-state index contributed by atoms with van der Waals surface area (Å²) in [6.07, 6.45) is 5.34. The Bertz CT molecular complexity index is 483. The van der Waals surface area contributed by atoms with E-state index in [1.807, 2.05) is 12.1 Å². The molecule has 1 spiro atoms. The number of hydrogen-bond acceptors (Lipinski definition) is 2. The predicted molar refractivity (Wildman–Crippen MR) is 85.7 cm³/mol. The number of nitrogens with one attached hydrogen (secondary N) is 1. The molecule has 0 bridgehead atoms. The standard InChI is InChI=1S/C16H22Cl2N2/c1-12(14-5-4-13(17)10-15(14)18)20-9-8-19-16(11-20)6-2-3-7-16/h4-5,10,12,19H,2-3,6-9,11H2,1H3. The van der Waals surface area contributed by atoms with Gasteiger partial charge in [-0.25, -0.2) is 0 Å². The molecule has 20 heavy (non-hydrogen) atoms. The lowest BCUT2D eigenvalue weighted by atomic mass is 9.93. The number of rotatable bonds is 2. The van der Waals surface area contributed by atoms with Crippen molar-refractivity contribution in [1.29, 1.82) is 0 Å². The van der Waals surface area contributed by atoms with Crippen molar-refractivity contribution in [1.82, 2.24) is 10.2 Å². The van der Waals surface area contributed by atoms with Crippen LogP contribution >= 0.6 is 23.2 Å². The van der Waals surface area contributed by atoms with Gasteiger partial charge in [-0.05, 0) is 37.5 Å². The van der Waals surface area contributed by atoms with E-state index in [0.29, 0.717) is 16.6 Å². The highest BCUT2D eigenvalue weighted by molar-refractivity contribution is 6.35. The summed E-state index contributed by atoms with van der Waals surface area (Å²) in [6.45, 7) is 5.55. The Morgan fingerprint density at radius 1 is 1.25 bits per heavy atom. The van der Waals surface area contributed by atoms with E-state index in [1.165, 1.54) is 31.2 Å². The molecular weight excluding hydrogens is 291 g/mol. The van der Waals surface area contributed by atoms with Crippen LogP contribution in [0.15, 0.2) is 18.2 Å². The van der Waals surface area contributed by atoms with E-state index in [1.54, 1.807) is 0 Å². The molecule has 2 nitrogen and oxygen atoms in total. The molecule has 1 saturated carbocycles. The van der Waals surface area contributed by atoms with Crippen molar-refractivity contribution in [2.24, 2.45) is 0 Å². The van der Waals surface area contributed by atoms with E-state index in [9.17, 15) is 0 Å². The lowest BCUT2D eigenvalue weighted by Crippen LogP contribution is -2.59. The fraction of sp³-hybridized carbons (Fsp3) is 0.625. The van der Waals surface area contributed by atoms with Crippen LogP contribution in [0.4, 0.5) is 0 Å². The van der Waals surface area contributed by atoms with E-state index in [0.717, 1.165) is 24.7 Å². The van der Waals surface area contributed by atoms with Crippen molar-refractivity contribution in [3.05, 3.63) is 33.8 Å². The Balaban J connectivity index is 1.77. The fourth-order valence-corrected chi connectivity index (χ4v) is 4.31. The second-order valence-corrected chi connectivity index (χ2v) is 7.07. The van der Waals surface area contributed by atoms with E-state index in [4.69, 9.17) is 23.2 Å². The van der Waals surface area contributed by atoms with Crippen LogP contribution in [0.2, 0.25) is 10.0 Å². The van der Waals surface area contributed by atoms with Gasteiger partial charge in [-0.1, -0.05) is 42.1 Å². The molecule has 1 aromatic rings. The molecule has 1 unspecified atom stereocenters. The van der Waals surface area contributed by atoms with Gasteiger partial charge in [-0.3, -0.25) is 4.90 Å². The average molecular weight is 313 g/mol. The van der Waals surface area contributed by atoms with Crippen molar-refractivity contribution in [2.45, 2.75) is 44.2 Å². The molecule has 3 rings (SSSR count). The number of nitrogens with zero attached hydrogens (tertiary/aromatic N) is 1. The Morgan fingerprint density at radius 3 is 2.70 bits per heavy atom. The first-order valence-corrected chi connectivity index (χ1v) is 8.29. The molecule has 1 atom stereocenters. The molecule has 110 valence electrons. The molecule has 1 aliphatic carbocycles. The Kier molecular flexibility index (Phi) is 4.28. The highest BCUT2D eigenvalue weighted by atomic mass is 35.5. The summed E-state index contributed by atoms with van der Waals surface area (Å²) in [5.74, 6) is 0. The molecule has 1 N–H and O–H groups in total. The number of hydrogen-bond donors (Lipinski definition) is 1. The average Bonchev–Trinajstić information content (AvgIpc) is 2.86. The number of piperazine rings is 1. The number of benzene rings is 1. The van der Waals surface area contributed by atoms with Crippen molar-refractivity contribution in [3.8, 4) is 0 Å². The minimum atomic E-state index is 0.347. The summed E-state index contributed by atoms with van der Waals surface area (Å²) >= 11 is 12.4. The quantitative estimate of drug-likeness (QED) is 0.877. The monoisotopic (exact) mass is 312 g/mol. The van der Waals surface area contributed by atoms with E-state index < -0.39 is 0 Å². The van der Waals surface area contributed by atoms with Gasteiger partial charge < -0.3 is 5.32 Å². The van der Waals surface area contributed by atoms with Gasteiger partial charge in [0.2, 0.25) is 0 Å². The predicted octanol–water partition coefficient (Wildman–Crippen LogP) is 4.27. The van der Waals surface area contributed by atoms with Crippen LogP contribution in [0.25, 0.3) is 0 Å². The zero-order chi connectivity index (χ0) is 14.2. The Hall–Kier alpha value is -0.280. The maximum absolute atomic E-state index is 6.37. The summed E-state index contributed by atoms with van der Waals surface area (Å²) in [5.41, 5.74) is 1.54. The summed E-state index contributed by atoms with van der Waals surface area (Å²) in [6, 6.07) is 6.20. The molecule has 1 aromatic carbocycles. The van der Waals surface area contributed by atoms with Crippen molar-refractivity contribution in [2.75, 3.05) is 19.6 Å². The largest absolute Gasteiger partial charge is 0.309 e. The third-order valence-corrected chi connectivity index (χ3v) is 5.49. The maximum atomic E-state index is 6.37. The Morgan fingerprint density at radius 2 is 2.00 bits per heavy atom. The van der Waals surface area contributed by atoms with Crippen LogP contribution < -0.4 is 5.32 Å². The van der Waals surface area contributed by atoms with Gasteiger partial charge >= 0.3 is 0 Å². The fourth-order valence-electron chi connectivity index (χ4n) is 3.74. The smallest absolute Gasteiger partial charge is 0.0468 e. The summed E-state index contributed by atoms with van der Waals surface area (Å²) in [7, 11) is 0. The van der Waals surface area contributed by atoms with Crippen LogP contribution in [0.3, 0.4) is 0 Å². The molecule has 0 radical (unpaired) electrons. The second kappa shape index (κ2) is 5.84. The first-order valence-electron chi connectivity index (χ1n) is 7.54. The highest BCUT2D eigenvalue weighted by Gasteiger charge is 2.39. The first kappa shape index (κ1) is 14.6. The molecule has 2 fully saturated rings. The lowest BCUT2D eigenvalue weighted by Gasteiger charge is -2.44. The van der Waals surface area contributed by atoms with Gasteiger partial charge in [0.15, 0.2) is 0 Å². The van der Waals surface area contributed by atoms with Gasteiger partial charge in [0.25, 0.3) is 0 Å². The zero-order valence-corrected chi connectivity index (χ0v) is 13.5. The highest BCUT2D eigenvalue weighted by Crippen LogP contribution is 2.36.